The lowest BCUT2D eigenvalue weighted by molar-refractivity contribution is 0.00578. The van der Waals surface area contributed by atoms with Crippen LogP contribution in [0.15, 0.2) is 6.20 Å². The number of nitrogens with zero attached hydrogens (tertiary/aromatic N) is 2. The molecule has 0 radical (unpaired) electrons. The maximum absolute atomic E-state index is 10.8. The van der Waals surface area contributed by atoms with E-state index in [1.807, 2.05) is 27.7 Å². The van der Waals surface area contributed by atoms with Crippen molar-refractivity contribution in [2.24, 2.45) is 7.05 Å². The van der Waals surface area contributed by atoms with Crippen LogP contribution in [0.2, 0.25) is 0 Å². The smallest absolute Gasteiger partial charge is 0.465 e. The van der Waals surface area contributed by atoms with E-state index in [0.29, 0.717) is 5.46 Å². The lowest BCUT2D eigenvalue weighted by Crippen LogP contribution is -2.41. The van der Waals surface area contributed by atoms with E-state index < -0.39 is 24.4 Å². The number of carbonyl (C=O) groups is 1. The average molecular weight is 267 g/mol. The lowest BCUT2D eigenvalue weighted by Gasteiger charge is -2.32. The van der Waals surface area contributed by atoms with Gasteiger partial charge in [-0.25, -0.2) is 4.79 Å². The molecule has 0 aliphatic carbocycles. The van der Waals surface area contributed by atoms with Crippen molar-refractivity contribution in [2.45, 2.75) is 38.9 Å². The zero-order chi connectivity index (χ0) is 14.4. The van der Waals surface area contributed by atoms with Crippen molar-refractivity contribution >= 4 is 24.5 Å². The van der Waals surface area contributed by atoms with Gasteiger partial charge in [0, 0.05) is 18.7 Å². The molecule has 7 nitrogen and oxygen atoms in total. The summed E-state index contributed by atoms with van der Waals surface area (Å²) in [5.41, 5.74) is -0.384. The van der Waals surface area contributed by atoms with E-state index >= 15 is 0 Å². The molecule has 1 aliphatic heterocycles. The SMILES string of the molecule is Cn1cc(B2OC(C)(C)C(C)(C)O2)c(NC(=O)O)n1. The first-order valence-corrected chi connectivity index (χ1v) is 6.01. The molecule has 1 aromatic heterocycles. The first-order valence-electron chi connectivity index (χ1n) is 6.01. The van der Waals surface area contributed by atoms with Crippen LogP contribution in [0.3, 0.4) is 0 Å². The van der Waals surface area contributed by atoms with E-state index in [0.717, 1.165) is 0 Å². The second kappa shape index (κ2) is 4.24. The molecule has 1 fully saturated rings. The van der Waals surface area contributed by atoms with Crippen molar-refractivity contribution in [1.82, 2.24) is 9.78 Å². The van der Waals surface area contributed by atoms with Crippen LogP contribution in [0.1, 0.15) is 27.7 Å². The number of carboxylic acid groups (broad SMARTS) is 1. The normalized spacial score (nSPS) is 20.6. The van der Waals surface area contributed by atoms with Crippen LogP contribution >= 0.6 is 0 Å². The van der Waals surface area contributed by atoms with Crippen LogP contribution in [0.5, 0.6) is 0 Å². The molecule has 0 aromatic carbocycles. The van der Waals surface area contributed by atoms with Crippen molar-refractivity contribution in [2.75, 3.05) is 5.32 Å². The summed E-state index contributed by atoms with van der Waals surface area (Å²) < 4.78 is 13.3. The maximum atomic E-state index is 10.8. The molecule has 2 rings (SSSR count). The standard InChI is InChI=1S/C11H18BN3O4/c1-10(2)11(3,4)19-12(18-10)7-6-15(5)14-8(7)13-9(16)17/h6H,1-5H3,(H,13,14)(H,16,17). The summed E-state index contributed by atoms with van der Waals surface area (Å²) in [6.07, 6.45) is 0.518. The van der Waals surface area contributed by atoms with Crippen molar-refractivity contribution in [1.29, 1.82) is 0 Å². The minimum Gasteiger partial charge on any atom is -0.465 e. The van der Waals surface area contributed by atoms with Crippen molar-refractivity contribution in [3.05, 3.63) is 6.20 Å². The van der Waals surface area contributed by atoms with Gasteiger partial charge in [0.05, 0.1) is 11.2 Å². The third-order valence-corrected chi connectivity index (χ3v) is 3.59. The van der Waals surface area contributed by atoms with Gasteiger partial charge in [-0.05, 0) is 27.7 Å². The zero-order valence-corrected chi connectivity index (χ0v) is 11.7. The van der Waals surface area contributed by atoms with Gasteiger partial charge in [0.1, 0.15) is 0 Å². The van der Waals surface area contributed by atoms with Gasteiger partial charge >= 0.3 is 13.2 Å². The summed E-state index contributed by atoms with van der Waals surface area (Å²) in [6.45, 7) is 7.75. The van der Waals surface area contributed by atoms with E-state index in [-0.39, 0.29) is 5.82 Å². The molecule has 2 N–H and O–H groups in total. The fraction of sp³-hybridized carbons (Fsp3) is 0.636. The Bertz CT molecular complexity index is 496. The van der Waals surface area contributed by atoms with Crippen LogP contribution in [-0.2, 0) is 16.4 Å². The molecule has 19 heavy (non-hydrogen) atoms. The number of aryl methyl sites for hydroxylation is 1. The predicted molar refractivity (Wildman–Crippen MR) is 70.6 cm³/mol. The van der Waals surface area contributed by atoms with Crippen molar-refractivity contribution in [3.63, 3.8) is 0 Å². The highest BCUT2D eigenvalue weighted by atomic mass is 16.7. The van der Waals surface area contributed by atoms with Gasteiger partial charge in [0.25, 0.3) is 0 Å². The Labute approximate surface area is 112 Å². The molecule has 2 heterocycles. The molecule has 0 bridgehead atoms. The lowest BCUT2D eigenvalue weighted by atomic mass is 9.80. The molecular formula is C11H18BN3O4. The molecule has 0 saturated carbocycles. The van der Waals surface area contributed by atoms with E-state index in [1.165, 1.54) is 4.68 Å². The summed E-state index contributed by atoms with van der Waals surface area (Å²) in [4.78, 5) is 10.8. The molecule has 1 saturated heterocycles. The second-order valence-corrected chi connectivity index (χ2v) is 5.63. The molecule has 0 spiro atoms. The fourth-order valence-electron chi connectivity index (χ4n) is 1.85. The van der Waals surface area contributed by atoms with Crippen LogP contribution in [0.25, 0.3) is 0 Å². The third-order valence-electron chi connectivity index (χ3n) is 3.59. The summed E-state index contributed by atoms with van der Waals surface area (Å²) >= 11 is 0. The first-order chi connectivity index (χ1) is 8.62. The Morgan fingerprint density at radius 2 is 1.89 bits per heavy atom. The van der Waals surface area contributed by atoms with Gasteiger partial charge in [0.15, 0.2) is 5.82 Å². The highest BCUT2D eigenvalue weighted by Gasteiger charge is 2.52. The number of amides is 1. The Morgan fingerprint density at radius 3 is 2.37 bits per heavy atom. The molecule has 1 aromatic rings. The average Bonchev–Trinajstić information content (AvgIpc) is 2.65. The Balaban J connectivity index is 2.31. The Hall–Kier alpha value is -1.54. The van der Waals surface area contributed by atoms with E-state index in [2.05, 4.69) is 10.4 Å². The Morgan fingerprint density at radius 1 is 1.37 bits per heavy atom. The van der Waals surface area contributed by atoms with Crippen LogP contribution in [0, 0.1) is 0 Å². The van der Waals surface area contributed by atoms with Gasteiger partial charge in [-0.15, -0.1) is 0 Å². The molecule has 1 aliphatic rings. The number of rotatable bonds is 2. The highest BCUT2D eigenvalue weighted by molar-refractivity contribution is 6.63. The van der Waals surface area contributed by atoms with Crippen LogP contribution in [0.4, 0.5) is 10.6 Å². The molecule has 0 atom stereocenters. The first kappa shape index (κ1) is 13.9. The monoisotopic (exact) mass is 267 g/mol. The maximum Gasteiger partial charge on any atom is 0.500 e. The number of aromatic nitrogens is 2. The quantitative estimate of drug-likeness (QED) is 0.774. The van der Waals surface area contributed by atoms with Crippen LogP contribution < -0.4 is 10.8 Å². The molecule has 104 valence electrons. The summed E-state index contributed by atoms with van der Waals surface area (Å²) in [5.74, 6) is 0.230. The zero-order valence-electron chi connectivity index (χ0n) is 11.7. The second-order valence-electron chi connectivity index (χ2n) is 5.63. The van der Waals surface area contributed by atoms with E-state index in [9.17, 15) is 4.79 Å². The van der Waals surface area contributed by atoms with Crippen molar-refractivity contribution < 1.29 is 19.2 Å². The molecule has 0 unspecified atom stereocenters. The minimum atomic E-state index is -1.17. The van der Waals surface area contributed by atoms with Gasteiger partial charge in [-0.2, -0.15) is 5.10 Å². The molecular weight excluding hydrogens is 249 g/mol. The van der Waals surface area contributed by atoms with Crippen LogP contribution in [-0.4, -0.2) is 39.3 Å². The predicted octanol–water partition coefficient (Wildman–Crippen LogP) is 0.809. The number of anilines is 1. The van der Waals surface area contributed by atoms with Gasteiger partial charge in [0.2, 0.25) is 0 Å². The third kappa shape index (κ3) is 2.45. The fourth-order valence-corrected chi connectivity index (χ4v) is 1.85. The number of nitrogens with one attached hydrogen (secondary N) is 1. The topological polar surface area (TPSA) is 85.6 Å². The summed E-state index contributed by atoms with van der Waals surface area (Å²) in [7, 11) is 1.07. The van der Waals surface area contributed by atoms with Gasteiger partial charge < -0.3 is 14.4 Å². The van der Waals surface area contributed by atoms with E-state index in [1.54, 1.807) is 13.2 Å². The highest BCUT2D eigenvalue weighted by Crippen LogP contribution is 2.36. The van der Waals surface area contributed by atoms with E-state index in [4.69, 9.17) is 14.4 Å². The summed E-state index contributed by atoms with van der Waals surface area (Å²) in [5, 5.41) is 15.1. The molecule has 8 heteroatoms. The van der Waals surface area contributed by atoms with Crippen molar-refractivity contribution in [3.8, 4) is 0 Å². The Kier molecular flexibility index (Phi) is 3.10. The largest absolute Gasteiger partial charge is 0.500 e. The number of hydrogen-bond donors (Lipinski definition) is 2. The summed E-state index contributed by atoms with van der Waals surface area (Å²) in [6, 6.07) is 0. The molecule has 1 amide bonds. The van der Waals surface area contributed by atoms with Gasteiger partial charge in [-0.3, -0.25) is 10.00 Å². The number of hydrogen-bond acceptors (Lipinski definition) is 4. The minimum absolute atomic E-state index is 0.230. The van der Waals surface area contributed by atoms with Gasteiger partial charge in [-0.1, -0.05) is 0 Å².